The van der Waals surface area contributed by atoms with Crippen molar-refractivity contribution in [3.8, 4) is 5.69 Å². The Bertz CT molecular complexity index is 1430. The molecule has 1 aromatic carbocycles. The van der Waals surface area contributed by atoms with Crippen molar-refractivity contribution in [3.63, 3.8) is 0 Å². The van der Waals surface area contributed by atoms with Crippen LogP contribution in [0.25, 0.3) is 15.9 Å². The van der Waals surface area contributed by atoms with Gasteiger partial charge in [-0.25, -0.2) is 10.4 Å². The number of thioether (sulfide) groups is 1. The lowest BCUT2D eigenvalue weighted by Gasteiger charge is -2.13. The van der Waals surface area contributed by atoms with Gasteiger partial charge in [-0.1, -0.05) is 30.0 Å². The van der Waals surface area contributed by atoms with Crippen LogP contribution in [0.1, 0.15) is 35.8 Å². The lowest BCUT2D eigenvalue weighted by molar-refractivity contribution is -0.118. The minimum absolute atomic E-state index is 0.0648. The van der Waals surface area contributed by atoms with Gasteiger partial charge in [0.1, 0.15) is 4.83 Å². The minimum atomic E-state index is -0.266. The van der Waals surface area contributed by atoms with E-state index in [0.29, 0.717) is 10.9 Å². The number of aryl methyl sites for hydroxylation is 2. The molecule has 0 atom stereocenters. The average Bonchev–Trinajstić information content (AvgIpc) is 3.25. The first kappa shape index (κ1) is 22.5. The van der Waals surface area contributed by atoms with Crippen molar-refractivity contribution in [1.29, 1.82) is 0 Å². The number of carbonyl (C=O) groups excluding carboxylic acids is 1. The molecule has 0 radical (unpaired) electrons. The lowest BCUT2D eigenvalue weighted by Crippen LogP contribution is -2.24. The molecule has 0 spiro atoms. The molecule has 0 saturated heterocycles. The average molecular weight is 490 g/mol. The smallest absolute Gasteiger partial charge is 0.267 e. The van der Waals surface area contributed by atoms with E-state index in [2.05, 4.69) is 15.5 Å². The Morgan fingerprint density at radius 1 is 1.15 bits per heavy atom. The zero-order chi connectivity index (χ0) is 23.5. The van der Waals surface area contributed by atoms with Gasteiger partial charge in [0.25, 0.3) is 11.5 Å². The van der Waals surface area contributed by atoms with Crippen LogP contribution in [0.5, 0.6) is 0 Å². The van der Waals surface area contributed by atoms with Gasteiger partial charge in [0.05, 0.1) is 22.5 Å². The second-order valence-electron chi connectivity index (χ2n) is 8.02. The van der Waals surface area contributed by atoms with Crippen LogP contribution in [-0.4, -0.2) is 31.9 Å². The number of amides is 1. The molecule has 1 amide bonds. The van der Waals surface area contributed by atoms with Crippen LogP contribution in [0.4, 0.5) is 0 Å². The molecule has 4 aromatic rings. The molecule has 0 aliphatic heterocycles. The van der Waals surface area contributed by atoms with Gasteiger partial charge in [-0.05, 0) is 62.4 Å². The van der Waals surface area contributed by atoms with Gasteiger partial charge < -0.3 is 0 Å². The van der Waals surface area contributed by atoms with Crippen molar-refractivity contribution in [2.45, 2.75) is 37.8 Å². The topological polar surface area (TPSA) is 89.2 Å². The summed E-state index contributed by atoms with van der Waals surface area (Å²) in [7, 11) is 0. The number of hydrogen-bond acceptors (Lipinski definition) is 7. The molecule has 34 heavy (non-hydrogen) atoms. The van der Waals surface area contributed by atoms with Crippen molar-refractivity contribution >= 4 is 44.9 Å². The van der Waals surface area contributed by atoms with Crippen molar-refractivity contribution in [2.75, 3.05) is 5.75 Å². The molecule has 9 heteroatoms. The zero-order valence-corrected chi connectivity index (χ0v) is 20.3. The maximum Gasteiger partial charge on any atom is 0.267 e. The van der Waals surface area contributed by atoms with Crippen LogP contribution < -0.4 is 11.0 Å². The van der Waals surface area contributed by atoms with Crippen molar-refractivity contribution in [2.24, 2.45) is 5.10 Å². The predicted octanol–water partition coefficient (Wildman–Crippen LogP) is 4.35. The first-order chi connectivity index (χ1) is 16.6. The summed E-state index contributed by atoms with van der Waals surface area (Å²) in [6.45, 7) is 1.82. The number of hydrazone groups is 1. The van der Waals surface area contributed by atoms with E-state index < -0.39 is 0 Å². The fourth-order valence-corrected chi connectivity index (χ4v) is 6.16. The SMILES string of the molecule is C/C(=N/NC(=O)CSc1nc2sc3c(c2c(=O)n1-c1ccccc1)CCCC3)c1ccncc1. The first-order valence-electron chi connectivity index (χ1n) is 11.1. The molecule has 0 fully saturated rings. The molecular weight excluding hydrogens is 466 g/mol. The molecule has 1 aliphatic carbocycles. The van der Waals surface area contributed by atoms with Crippen LogP contribution in [0.15, 0.2) is 69.9 Å². The number of rotatable bonds is 6. The summed E-state index contributed by atoms with van der Waals surface area (Å²) in [6, 6.07) is 13.1. The highest BCUT2D eigenvalue weighted by Crippen LogP contribution is 2.35. The number of hydrogen-bond donors (Lipinski definition) is 1. The van der Waals surface area contributed by atoms with Gasteiger partial charge >= 0.3 is 0 Å². The third kappa shape index (κ3) is 4.53. The van der Waals surface area contributed by atoms with Crippen LogP contribution >= 0.6 is 23.1 Å². The van der Waals surface area contributed by atoms with Gasteiger partial charge in [-0.2, -0.15) is 5.10 Å². The summed E-state index contributed by atoms with van der Waals surface area (Å²) < 4.78 is 1.63. The summed E-state index contributed by atoms with van der Waals surface area (Å²) >= 11 is 2.85. The summed E-state index contributed by atoms with van der Waals surface area (Å²) in [5, 5.41) is 5.43. The highest BCUT2D eigenvalue weighted by atomic mass is 32.2. The number of nitrogens with one attached hydrogen (secondary N) is 1. The van der Waals surface area contributed by atoms with Gasteiger partial charge in [0.2, 0.25) is 0 Å². The number of benzene rings is 1. The van der Waals surface area contributed by atoms with E-state index in [-0.39, 0.29) is 17.2 Å². The lowest BCUT2D eigenvalue weighted by atomic mass is 9.97. The number of pyridine rings is 1. The molecule has 0 unspecified atom stereocenters. The summed E-state index contributed by atoms with van der Waals surface area (Å²) in [4.78, 5) is 37.1. The Morgan fingerprint density at radius 2 is 1.91 bits per heavy atom. The minimum Gasteiger partial charge on any atom is -0.272 e. The number of para-hydroxylation sites is 1. The molecule has 1 aliphatic rings. The standard InChI is InChI=1S/C25H23N5O2S2/c1-16(17-11-13-26-14-12-17)28-29-21(31)15-33-25-27-23-22(19-9-5-6-10-20(19)34-23)24(32)30(25)18-7-3-2-4-8-18/h2-4,7-8,11-14H,5-6,9-10,15H2,1H3,(H,29,31)/b28-16-. The Kier molecular flexibility index (Phi) is 6.55. The molecule has 172 valence electrons. The highest BCUT2D eigenvalue weighted by Gasteiger charge is 2.23. The first-order valence-corrected chi connectivity index (χ1v) is 12.9. The van der Waals surface area contributed by atoms with Gasteiger partial charge in [0, 0.05) is 22.8 Å². The molecular formula is C25H23N5O2S2. The second kappa shape index (κ2) is 9.90. The van der Waals surface area contributed by atoms with Crippen LogP contribution in [0.3, 0.4) is 0 Å². The highest BCUT2D eigenvalue weighted by molar-refractivity contribution is 7.99. The molecule has 0 saturated carbocycles. The maximum absolute atomic E-state index is 13.7. The molecule has 0 bridgehead atoms. The van der Waals surface area contributed by atoms with E-state index in [1.165, 1.54) is 16.6 Å². The van der Waals surface area contributed by atoms with Crippen LogP contribution in [0.2, 0.25) is 0 Å². The van der Waals surface area contributed by atoms with Gasteiger partial charge in [-0.3, -0.25) is 19.1 Å². The molecule has 1 N–H and O–H groups in total. The largest absolute Gasteiger partial charge is 0.272 e. The monoisotopic (exact) mass is 489 g/mol. The Morgan fingerprint density at radius 3 is 2.71 bits per heavy atom. The van der Waals surface area contributed by atoms with Gasteiger partial charge in [0.15, 0.2) is 5.16 Å². The Labute approximate surface area is 205 Å². The Balaban J connectivity index is 1.44. The number of fused-ring (bicyclic) bond motifs is 3. The summed E-state index contributed by atoms with van der Waals surface area (Å²) in [5.41, 5.74) is 6.00. The quantitative estimate of drug-likeness (QED) is 0.188. The Hall–Kier alpha value is -3.30. The summed E-state index contributed by atoms with van der Waals surface area (Å²) in [6.07, 6.45) is 7.53. The molecule has 3 heterocycles. The third-order valence-electron chi connectivity index (χ3n) is 5.75. The fourth-order valence-electron chi connectivity index (χ4n) is 4.05. The maximum atomic E-state index is 13.7. The third-order valence-corrected chi connectivity index (χ3v) is 7.88. The van der Waals surface area contributed by atoms with Crippen molar-refractivity contribution in [1.82, 2.24) is 20.0 Å². The number of aromatic nitrogens is 3. The number of thiophene rings is 1. The van der Waals surface area contributed by atoms with E-state index in [0.717, 1.165) is 52.7 Å². The van der Waals surface area contributed by atoms with Crippen LogP contribution in [0, 0.1) is 0 Å². The van der Waals surface area contributed by atoms with E-state index in [9.17, 15) is 9.59 Å². The number of nitrogens with zero attached hydrogens (tertiary/aromatic N) is 4. The molecule has 5 rings (SSSR count). The fraction of sp³-hybridized carbons (Fsp3) is 0.240. The van der Waals surface area contributed by atoms with Crippen molar-refractivity contribution < 1.29 is 4.79 Å². The van der Waals surface area contributed by atoms with Crippen LogP contribution in [-0.2, 0) is 17.6 Å². The number of carbonyl (C=O) groups is 1. The van der Waals surface area contributed by atoms with E-state index in [1.807, 2.05) is 49.4 Å². The van der Waals surface area contributed by atoms with E-state index >= 15 is 0 Å². The summed E-state index contributed by atoms with van der Waals surface area (Å²) in [5.74, 6) is -0.180. The molecule has 3 aromatic heterocycles. The normalized spacial score (nSPS) is 13.6. The van der Waals surface area contributed by atoms with Gasteiger partial charge in [-0.15, -0.1) is 11.3 Å². The van der Waals surface area contributed by atoms with E-state index in [4.69, 9.17) is 4.98 Å². The van der Waals surface area contributed by atoms with E-state index in [1.54, 1.807) is 28.3 Å². The zero-order valence-electron chi connectivity index (χ0n) is 18.7. The second-order valence-corrected chi connectivity index (χ2v) is 10.0. The molecule has 7 nitrogen and oxygen atoms in total. The van der Waals surface area contributed by atoms with Crippen molar-refractivity contribution in [3.05, 3.63) is 81.2 Å². The predicted molar refractivity (Wildman–Crippen MR) is 137 cm³/mol.